The lowest BCUT2D eigenvalue weighted by atomic mass is 10.1. The van der Waals surface area contributed by atoms with E-state index in [4.69, 9.17) is 9.47 Å². The largest absolute Gasteiger partial charge is 0.492 e. The minimum Gasteiger partial charge on any atom is -0.492 e. The third-order valence-electron chi connectivity index (χ3n) is 5.54. The van der Waals surface area contributed by atoms with E-state index >= 15 is 0 Å². The number of benzene rings is 3. The first kappa shape index (κ1) is 23.6. The van der Waals surface area contributed by atoms with E-state index in [0.717, 1.165) is 22.4 Å². The Morgan fingerprint density at radius 2 is 1.71 bits per heavy atom. The molecule has 0 radical (unpaired) electrons. The Morgan fingerprint density at radius 3 is 2.44 bits per heavy atom. The van der Waals surface area contributed by atoms with E-state index in [1.807, 2.05) is 51.1 Å². The monoisotopic (exact) mass is 480 g/mol. The van der Waals surface area contributed by atoms with Crippen molar-refractivity contribution >= 4 is 21.6 Å². The molecular weight excluding hydrogens is 452 g/mol. The fraction of sp³-hybridized carbons (Fsp3) is 0.269. The molecule has 1 N–H and O–H groups in total. The van der Waals surface area contributed by atoms with Gasteiger partial charge in [-0.2, -0.15) is 0 Å². The van der Waals surface area contributed by atoms with Gasteiger partial charge in [-0.05, 0) is 68.3 Å². The number of nitrogens with one attached hydrogen (secondary N) is 1. The molecule has 0 fully saturated rings. The van der Waals surface area contributed by atoms with Crippen LogP contribution in [0, 0.1) is 20.8 Å². The summed E-state index contributed by atoms with van der Waals surface area (Å²) in [6.07, 6.45) is -0.991. The first-order valence-electron chi connectivity index (χ1n) is 11.1. The van der Waals surface area contributed by atoms with Crippen LogP contribution in [0.1, 0.15) is 16.7 Å². The van der Waals surface area contributed by atoms with E-state index in [1.165, 1.54) is 4.31 Å². The summed E-state index contributed by atoms with van der Waals surface area (Å²) in [5.74, 6) is 0.676. The quantitative estimate of drug-likeness (QED) is 0.521. The molecular formula is C26H28N2O5S. The van der Waals surface area contributed by atoms with Gasteiger partial charge in [0.05, 0.1) is 23.7 Å². The molecule has 34 heavy (non-hydrogen) atoms. The SMILES string of the molecule is Cc1ccc(S(=O)(=O)N2CC(C(=O)NCCOc3cccc(C)c3)Oc3ccc(C)cc32)cc1. The zero-order chi connectivity index (χ0) is 24.3. The van der Waals surface area contributed by atoms with Crippen molar-refractivity contribution in [3.05, 3.63) is 83.4 Å². The Labute approximate surface area is 200 Å². The molecule has 1 unspecified atom stereocenters. The van der Waals surface area contributed by atoms with Crippen molar-refractivity contribution in [3.8, 4) is 11.5 Å². The van der Waals surface area contributed by atoms with E-state index in [0.29, 0.717) is 11.4 Å². The second-order valence-electron chi connectivity index (χ2n) is 8.38. The summed E-state index contributed by atoms with van der Waals surface area (Å²) in [5, 5.41) is 2.79. The number of carbonyl (C=O) groups is 1. The molecule has 1 amide bonds. The van der Waals surface area contributed by atoms with E-state index in [1.54, 1.807) is 36.4 Å². The van der Waals surface area contributed by atoms with Crippen molar-refractivity contribution in [1.29, 1.82) is 0 Å². The molecule has 178 valence electrons. The molecule has 8 heteroatoms. The number of hydrogen-bond donors (Lipinski definition) is 1. The van der Waals surface area contributed by atoms with E-state index in [-0.39, 0.29) is 24.6 Å². The number of carbonyl (C=O) groups excluding carboxylic acids is 1. The Morgan fingerprint density at radius 1 is 1.00 bits per heavy atom. The van der Waals surface area contributed by atoms with E-state index in [2.05, 4.69) is 5.32 Å². The molecule has 1 atom stereocenters. The molecule has 0 spiro atoms. The number of ether oxygens (including phenoxy) is 2. The molecule has 0 aromatic heterocycles. The van der Waals surface area contributed by atoms with Crippen LogP contribution in [-0.4, -0.2) is 40.1 Å². The van der Waals surface area contributed by atoms with Crippen LogP contribution in [-0.2, 0) is 14.8 Å². The predicted molar refractivity (Wildman–Crippen MR) is 131 cm³/mol. The summed E-state index contributed by atoms with van der Waals surface area (Å²) < 4.78 is 39.8. The van der Waals surface area contributed by atoms with Crippen molar-refractivity contribution in [2.45, 2.75) is 31.8 Å². The van der Waals surface area contributed by atoms with Gasteiger partial charge in [-0.3, -0.25) is 9.10 Å². The highest BCUT2D eigenvalue weighted by atomic mass is 32.2. The normalized spacial score (nSPS) is 15.3. The van der Waals surface area contributed by atoms with Gasteiger partial charge in [0.1, 0.15) is 18.1 Å². The fourth-order valence-electron chi connectivity index (χ4n) is 3.73. The second kappa shape index (κ2) is 9.77. The molecule has 0 saturated heterocycles. The Bertz CT molecular complexity index is 1290. The Hall–Kier alpha value is -3.52. The second-order valence-corrected chi connectivity index (χ2v) is 10.2. The van der Waals surface area contributed by atoms with Gasteiger partial charge in [0.2, 0.25) is 0 Å². The van der Waals surface area contributed by atoms with Crippen LogP contribution in [0.15, 0.2) is 71.6 Å². The Kier molecular flexibility index (Phi) is 6.79. The molecule has 4 rings (SSSR count). The molecule has 3 aromatic carbocycles. The zero-order valence-electron chi connectivity index (χ0n) is 19.4. The van der Waals surface area contributed by atoms with Crippen molar-refractivity contribution < 1.29 is 22.7 Å². The lowest BCUT2D eigenvalue weighted by Crippen LogP contribution is -2.51. The number of fused-ring (bicyclic) bond motifs is 1. The molecule has 0 bridgehead atoms. The summed E-state index contributed by atoms with van der Waals surface area (Å²) in [6, 6.07) is 19.6. The topological polar surface area (TPSA) is 84.9 Å². The van der Waals surface area contributed by atoms with Gasteiger partial charge >= 0.3 is 0 Å². The minimum atomic E-state index is -3.89. The van der Waals surface area contributed by atoms with Gasteiger partial charge in [-0.25, -0.2) is 8.42 Å². The molecule has 0 saturated carbocycles. The van der Waals surface area contributed by atoms with E-state index in [9.17, 15) is 13.2 Å². The van der Waals surface area contributed by atoms with Crippen LogP contribution < -0.4 is 19.1 Å². The van der Waals surface area contributed by atoms with Crippen LogP contribution >= 0.6 is 0 Å². The van der Waals surface area contributed by atoms with Gasteiger partial charge in [-0.1, -0.05) is 35.9 Å². The smallest absolute Gasteiger partial charge is 0.264 e. The third kappa shape index (κ3) is 5.17. The number of amides is 1. The first-order valence-corrected chi connectivity index (χ1v) is 12.5. The van der Waals surface area contributed by atoms with Crippen molar-refractivity contribution in [2.75, 3.05) is 24.0 Å². The summed E-state index contributed by atoms with van der Waals surface area (Å²) >= 11 is 0. The van der Waals surface area contributed by atoms with Crippen LogP contribution in [0.3, 0.4) is 0 Å². The van der Waals surface area contributed by atoms with Crippen LogP contribution in [0.2, 0.25) is 0 Å². The maximum absolute atomic E-state index is 13.5. The van der Waals surface area contributed by atoms with Crippen LogP contribution in [0.5, 0.6) is 11.5 Å². The predicted octanol–water partition coefficient (Wildman–Crippen LogP) is 3.76. The summed E-state index contributed by atoms with van der Waals surface area (Å²) in [4.78, 5) is 13.0. The first-order chi connectivity index (χ1) is 16.2. The Balaban J connectivity index is 1.49. The summed E-state index contributed by atoms with van der Waals surface area (Å²) in [5.41, 5.74) is 3.36. The van der Waals surface area contributed by atoms with Gasteiger partial charge in [0.15, 0.2) is 6.10 Å². The van der Waals surface area contributed by atoms with Gasteiger partial charge in [-0.15, -0.1) is 0 Å². The average Bonchev–Trinajstić information content (AvgIpc) is 2.81. The number of hydrogen-bond acceptors (Lipinski definition) is 5. The molecule has 3 aromatic rings. The summed E-state index contributed by atoms with van der Waals surface area (Å²) in [6.45, 7) is 6.17. The van der Waals surface area contributed by atoms with Gasteiger partial charge < -0.3 is 14.8 Å². The van der Waals surface area contributed by atoms with Crippen LogP contribution in [0.4, 0.5) is 5.69 Å². The van der Waals surface area contributed by atoms with E-state index < -0.39 is 22.0 Å². The molecule has 1 aliphatic heterocycles. The van der Waals surface area contributed by atoms with Crippen molar-refractivity contribution in [3.63, 3.8) is 0 Å². The van der Waals surface area contributed by atoms with Crippen molar-refractivity contribution in [1.82, 2.24) is 5.32 Å². The lowest BCUT2D eigenvalue weighted by molar-refractivity contribution is -0.127. The molecule has 1 aliphatic rings. The lowest BCUT2D eigenvalue weighted by Gasteiger charge is -2.35. The van der Waals surface area contributed by atoms with Gasteiger partial charge in [0, 0.05) is 0 Å². The molecule has 0 aliphatic carbocycles. The number of rotatable bonds is 7. The van der Waals surface area contributed by atoms with Crippen LogP contribution in [0.25, 0.3) is 0 Å². The number of sulfonamides is 1. The highest BCUT2D eigenvalue weighted by Gasteiger charge is 2.37. The summed E-state index contributed by atoms with van der Waals surface area (Å²) in [7, 11) is -3.89. The molecule has 7 nitrogen and oxygen atoms in total. The van der Waals surface area contributed by atoms with Gasteiger partial charge in [0.25, 0.3) is 15.9 Å². The minimum absolute atomic E-state index is 0.128. The highest BCUT2D eigenvalue weighted by molar-refractivity contribution is 7.92. The highest BCUT2D eigenvalue weighted by Crippen LogP contribution is 2.37. The van der Waals surface area contributed by atoms with Crippen molar-refractivity contribution in [2.24, 2.45) is 0 Å². The zero-order valence-corrected chi connectivity index (χ0v) is 20.3. The maximum atomic E-state index is 13.5. The maximum Gasteiger partial charge on any atom is 0.264 e. The third-order valence-corrected chi connectivity index (χ3v) is 7.34. The molecule has 1 heterocycles. The fourth-order valence-corrected chi connectivity index (χ4v) is 5.19. The standard InChI is InChI=1S/C26H28N2O5S/c1-18-7-10-22(11-8-18)34(30,31)28-17-25(33-24-12-9-20(3)16-23(24)28)26(29)27-13-14-32-21-6-4-5-19(2)15-21/h4-12,15-16,25H,13-14,17H2,1-3H3,(H,27,29). The number of nitrogens with zero attached hydrogens (tertiary/aromatic N) is 1. The average molecular weight is 481 g/mol. The number of anilines is 1. The number of aryl methyl sites for hydroxylation is 3.